The number of hydrogen-bond acceptors (Lipinski definition) is 3. The molecule has 0 aromatic carbocycles. The highest BCUT2D eigenvalue weighted by atomic mass is 16.1. The maximum absolute atomic E-state index is 10.8. The predicted molar refractivity (Wildman–Crippen MR) is 61.8 cm³/mol. The number of aromatic nitrogens is 3. The summed E-state index contributed by atoms with van der Waals surface area (Å²) >= 11 is 0. The van der Waals surface area contributed by atoms with E-state index in [-0.39, 0.29) is 5.82 Å². The van der Waals surface area contributed by atoms with E-state index in [4.69, 9.17) is 5.73 Å². The van der Waals surface area contributed by atoms with Crippen molar-refractivity contribution in [2.24, 2.45) is 5.73 Å². The van der Waals surface area contributed by atoms with Crippen molar-refractivity contribution in [3.63, 3.8) is 0 Å². The molecule has 1 heterocycles. The van der Waals surface area contributed by atoms with Crippen molar-refractivity contribution < 1.29 is 4.79 Å². The van der Waals surface area contributed by atoms with Gasteiger partial charge in [-0.1, -0.05) is 17.7 Å². The van der Waals surface area contributed by atoms with E-state index in [1.807, 2.05) is 19.1 Å². The van der Waals surface area contributed by atoms with Crippen LogP contribution in [0.4, 0.5) is 0 Å². The van der Waals surface area contributed by atoms with E-state index in [2.05, 4.69) is 21.8 Å². The molecule has 1 rings (SSSR count). The van der Waals surface area contributed by atoms with Gasteiger partial charge in [0.15, 0.2) is 0 Å². The van der Waals surface area contributed by atoms with Gasteiger partial charge in [-0.05, 0) is 19.8 Å². The van der Waals surface area contributed by atoms with Gasteiger partial charge in [-0.15, -0.1) is 16.8 Å². The van der Waals surface area contributed by atoms with Crippen molar-refractivity contribution in [2.45, 2.75) is 26.2 Å². The maximum atomic E-state index is 10.8. The summed E-state index contributed by atoms with van der Waals surface area (Å²) in [6.45, 7) is 5.65. The Labute approximate surface area is 94.5 Å². The van der Waals surface area contributed by atoms with Gasteiger partial charge in [0.05, 0.1) is 0 Å². The van der Waals surface area contributed by atoms with Gasteiger partial charge in [0.2, 0.25) is 5.82 Å². The monoisotopic (exact) mass is 220 g/mol. The number of amides is 1. The van der Waals surface area contributed by atoms with Gasteiger partial charge in [0, 0.05) is 6.42 Å². The number of nitrogens with zero attached hydrogens (tertiary/aromatic N) is 2. The number of nitrogens with one attached hydrogen (secondary N) is 1. The Morgan fingerprint density at radius 3 is 2.81 bits per heavy atom. The molecule has 5 heteroatoms. The molecule has 0 unspecified atom stereocenters. The molecule has 0 saturated heterocycles. The molecule has 5 nitrogen and oxygen atoms in total. The lowest BCUT2D eigenvalue weighted by Gasteiger charge is -2.01. The van der Waals surface area contributed by atoms with Gasteiger partial charge in [-0.2, -0.15) is 0 Å². The van der Waals surface area contributed by atoms with Crippen molar-refractivity contribution in [1.82, 2.24) is 15.2 Å². The second kappa shape index (κ2) is 5.85. The van der Waals surface area contributed by atoms with Crippen LogP contribution in [-0.4, -0.2) is 21.1 Å². The number of primary amides is 1. The molecule has 0 radical (unpaired) electrons. The quantitative estimate of drug-likeness (QED) is 0.710. The molecule has 3 N–H and O–H groups in total. The zero-order chi connectivity index (χ0) is 12.0. The van der Waals surface area contributed by atoms with Gasteiger partial charge >= 0.3 is 0 Å². The van der Waals surface area contributed by atoms with E-state index in [1.54, 1.807) is 0 Å². The fourth-order valence-electron chi connectivity index (χ4n) is 1.32. The van der Waals surface area contributed by atoms with Gasteiger partial charge in [-0.3, -0.25) is 4.79 Å². The maximum Gasteiger partial charge on any atom is 0.286 e. The molecular weight excluding hydrogens is 204 g/mol. The number of rotatable bonds is 6. The summed E-state index contributed by atoms with van der Waals surface area (Å²) in [7, 11) is 0. The summed E-state index contributed by atoms with van der Waals surface area (Å²) in [6, 6.07) is 0. The van der Waals surface area contributed by atoms with E-state index in [0.717, 1.165) is 12.8 Å². The molecule has 0 spiro atoms. The Morgan fingerprint density at radius 2 is 2.31 bits per heavy atom. The van der Waals surface area contributed by atoms with E-state index < -0.39 is 5.91 Å². The molecule has 16 heavy (non-hydrogen) atoms. The van der Waals surface area contributed by atoms with Crippen molar-refractivity contribution in [3.05, 3.63) is 36.0 Å². The molecule has 86 valence electrons. The highest BCUT2D eigenvalue weighted by Gasteiger charge is 2.08. The van der Waals surface area contributed by atoms with Crippen LogP contribution in [0.25, 0.3) is 0 Å². The molecular formula is C11H16N4O. The standard InChI is InChI=1S/C11H16N4O/c1-3-5-6-8(4-2)7-9-13-11(10(12)16)15-14-9/h3-4H,1,5-7H2,2H3,(H2,12,16)(H,13,14,15)/b8-4+. The fraction of sp³-hybridized carbons (Fsp3) is 0.364. The molecule has 0 aliphatic carbocycles. The van der Waals surface area contributed by atoms with Gasteiger partial charge in [-0.25, -0.2) is 0 Å². The number of carbonyl (C=O) groups is 1. The molecule has 1 aromatic rings. The number of hydrogen-bond donors (Lipinski definition) is 2. The normalized spacial score (nSPS) is 11.4. The first kappa shape index (κ1) is 12.2. The summed E-state index contributed by atoms with van der Waals surface area (Å²) in [4.78, 5) is 13.6. The molecule has 0 bridgehead atoms. The largest absolute Gasteiger partial charge is 0.363 e. The lowest BCUT2D eigenvalue weighted by Crippen LogP contribution is -2.12. The van der Waals surface area contributed by atoms with Crippen LogP contribution in [0.5, 0.6) is 0 Å². The Kier molecular flexibility index (Phi) is 4.44. The molecule has 0 atom stereocenters. The molecule has 0 aliphatic rings. The van der Waals surface area contributed by atoms with Crippen molar-refractivity contribution in [1.29, 1.82) is 0 Å². The molecule has 0 fully saturated rings. The van der Waals surface area contributed by atoms with Crippen LogP contribution in [0.2, 0.25) is 0 Å². The minimum Gasteiger partial charge on any atom is -0.363 e. The zero-order valence-corrected chi connectivity index (χ0v) is 9.36. The van der Waals surface area contributed by atoms with Crippen LogP contribution in [0, 0.1) is 0 Å². The van der Waals surface area contributed by atoms with Crippen molar-refractivity contribution in [2.75, 3.05) is 0 Å². The minimum atomic E-state index is -0.591. The average Bonchev–Trinajstić information content (AvgIpc) is 2.72. The molecule has 1 aromatic heterocycles. The van der Waals surface area contributed by atoms with Crippen molar-refractivity contribution >= 4 is 5.91 Å². The smallest absolute Gasteiger partial charge is 0.286 e. The first-order valence-electron chi connectivity index (χ1n) is 5.13. The third-order valence-corrected chi connectivity index (χ3v) is 2.24. The third kappa shape index (κ3) is 3.34. The van der Waals surface area contributed by atoms with Crippen LogP contribution < -0.4 is 5.73 Å². The fourth-order valence-corrected chi connectivity index (χ4v) is 1.32. The first-order valence-corrected chi connectivity index (χ1v) is 5.13. The van der Waals surface area contributed by atoms with Crippen LogP contribution >= 0.6 is 0 Å². The number of nitrogens with two attached hydrogens (primary N) is 1. The molecule has 0 aliphatic heterocycles. The van der Waals surface area contributed by atoms with Gasteiger partial charge in [0.1, 0.15) is 5.82 Å². The summed E-state index contributed by atoms with van der Waals surface area (Å²) in [5, 5.41) is 7.52. The average molecular weight is 220 g/mol. The Balaban J connectivity index is 2.63. The Bertz CT molecular complexity index is 406. The zero-order valence-electron chi connectivity index (χ0n) is 9.36. The van der Waals surface area contributed by atoms with Gasteiger partial charge < -0.3 is 10.7 Å². The lowest BCUT2D eigenvalue weighted by atomic mass is 10.1. The number of allylic oxidation sites excluding steroid dienone is 3. The first-order chi connectivity index (χ1) is 7.67. The minimum absolute atomic E-state index is 0.106. The number of aromatic amines is 1. The van der Waals surface area contributed by atoms with Crippen LogP contribution in [0.15, 0.2) is 24.3 Å². The van der Waals surface area contributed by atoms with Crippen LogP contribution in [0.3, 0.4) is 0 Å². The molecule has 1 amide bonds. The third-order valence-electron chi connectivity index (χ3n) is 2.24. The van der Waals surface area contributed by atoms with E-state index in [9.17, 15) is 4.79 Å². The predicted octanol–water partition coefficient (Wildman–Crippen LogP) is 1.36. The second-order valence-electron chi connectivity index (χ2n) is 3.44. The highest BCUT2D eigenvalue weighted by Crippen LogP contribution is 2.10. The van der Waals surface area contributed by atoms with E-state index in [1.165, 1.54) is 5.57 Å². The topological polar surface area (TPSA) is 84.7 Å². The SMILES string of the molecule is C=CCC/C(=C\C)Cc1nnc(C(N)=O)[nH]1. The van der Waals surface area contributed by atoms with E-state index in [0.29, 0.717) is 12.2 Å². The lowest BCUT2D eigenvalue weighted by molar-refractivity contribution is 0.0991. The van der Waals surface area contributed by atoms with E-state index >= 15 is 0 Å². The number of carbonyl (C=O) groups excluding carboxylic acids is 1. The Hall–Kier alpha value is -1.91. The Morgan fingerprint density at radius 1 is 1.56 bits per heavy atom. The highest BCUT2D eigenvalue weighted by molar-refractivity contribution is 5.88. The van der Waals surface area contributed by atoms with Crippen molar-refractivity contribution in [3.8, 4) is 0 Å². The summed E-state index contributed by atoms with van der Waals surface area (Å²) < 4.78 is 0. The second-order valence-corrected chi connectivity index (χ2v) is 3.44. The summed E-state index contributed by atoms with van der Waals surface area (Å²) in [6.07, 6.45) is 6.43. The van der Waals surface area contributed by atoms with Crippen LogP contribution in [-0.2, 0) is 6.42 Å². The summed E-state index contributed by atoms with van der Waals surface area (Å²) in [5.41, 5.74) is 6.30. The van der Waals surface area contributed by atoms with Gasteiger partial charge in [0.25, 0.3) is 5.91 Å². The molecule has 0 saturated carbocycles. The van der Waals surface area contributed by atoms with Crippen LogP contribution in [0.1, 0.15) is 36.2 Å². The summed E-state index contributed by atoms with van der Waals surface area (Å²) in [5.74, 6) is 0.173. The number of H-pyrrole nitrogens is 1.